The molecule has 7 heteroatoms. The number of amides is 1. The van der Waals surface area contributed by atoms with E-state index in [4.69, 9.17) is 0 Å². The van der Waals surface area contributed by atoms with Gasteiger partial charge >= 0.3 is 0 Å². The fraction of sp³-hybridized carbons (Fsp3) is 0.650. The number of carbonyl (C=O) groups is 1. The lowest BCUT2D eigenvalue weighted by Gasteiger charge is -2.31. The van der Waals surface area contributed by atoms with Gasteiger partial charge in [-0.25, -0.2) is 8.42 Å². The summed E-state index contributed by atoms with van der Waals surface area (Å²) in [4.78, 5) is 13.6. The first-order valence-electron chi connectivity index (χ1n) is 10.1. The van der Waals surface area contributed by atoms with E-state index in [1.54, 1.807) is 16.4 Å². The smallest absolute Gasteiger partial charge is 0.275 e. The molecule has 1 fully saturated rings. The van der Waals surface area contributed by atoms with E-state index < -0.39 is 10.0 Å². The van der Waals surface area contributed by atoms with E-state index in [-0.39, 0.29) is 11.9 Å². The molecule has 2 rings (SSSR count). The lowest BCUT2D eigenvalue weighted by atomic mass is 10.1. The van der Waals surface area contributed by atoms with Crippen LogP contribution >= 0.6 is 0 Å². The quantitative estimate of drug-likeness (QED) is 0.650. The molecule has 1 aromatic rings. The average Bonchev–Trinajstić information content (AvgIpc) is 2.63. The van der Waals surface area contributed by atoms with Gasteiger partial charge < -0.3 is 10.2 Å². The topological polar surface area (TPSA) is 70.9 Å². The van der Waals surface area contributed by atoms with Crippen molar-refractivity contribution >= 4 is 15.9 Å². The second-order valence-corrected chi connectivity index (χ2v) is 9.42. The summed E-state index contributed by atoms with van der Waals surface area (Å²) in [5.41, 5.74) is 1.16. The first-order valence-corrected chi connectivity index (χ1v) is 11.5. The molecular weight excluding hydrogens is 362 g/mol. The summed E-state index contributed by atoms with van der Waals surface area (Å²) in [5, 5.41) is 3.02. The fourth-order valence-electron chi connectivity index (χ4n) is 3.54. The predicted molar refractivity (Wildman–Crippen MR) is 107 cm³/mol. The number of nitrogens with zero attached hydrogens (tertiary/aromatic N) is 1. The Bertz CT molecular complexity index is 696. The van der Waals surface area contributed by atoms with E-state index in [1.807, 2.05) is 19.1 Å². The first-order chi connectivity index (χ1) is 12.9. The zero-order valence-corrected chi connectivity index (χ0v) is 17.6. The Morgan fingerprint density at radius 1 is 1.15 bits per heavy atom. The van der Waals surface area contributed by atoms with E-state index in [2.05, 4.69) is 19.2 Å². The molecule has 1 saturated heterocycles. The second kappa shape index (κ2) is 10.2. The Morgan fingerprint density at radius 2 is 1.78 bits per heavy atom. The minimum Gasteiger partial charge on any atom is -0.349 e. The van der Waals surface area contributed by atoms with Gasteiger partial charge in [-0.3, -0.25) is 4.79 Å². The SMILES string of the molecule is CCCc1ccc(S(=O)(=O)N2CC[NH+](CC(=O)N[C@H](C)CCC)CC2)cc1. The van der Waals surface area contributed by atoms with E-state index >= 15 is 0 Å². The van der Waals surface area contributed by atoms with Crippen molar-refractivity contribution in [2.75, 3.05) is 32.7 Å². The molecule has 27 heavy (non-hydrogen) atoms. The van der Waals surface area contributed by atoms with Crippen LogP contribution in [0.4, 0.5) is 0 Å². The van der Waals surface area contributed by atoms with Crippen molar-refractivity contribution < 1.29 is 18.1 Å². The number of hydrogen-bond donors (Lipinski definition) is 2. The van der Waals surface area contributed by atoms with Crippen LogP contribution in [0, 0.1) is 0 Å². The maximum absolute atomic E-state index is 12.8. The lowest BCUT2D eigenvalue weighted by Crippen LogP contribution is -3.15. The number of nitrogens with one attached hydrogen (secondary N) is 2. The third-order valence-electron chi connectivity index (χ3n) is 5.07. The number of hydrogen-bond acceptors (Lipinski definition) is 3. The van der Waals surface area contributed by atoms with E-state index in [0.29, 0.717) is 37.6 Å². The highest BCUT2D eigenvalue weighted by molar-refractivity contribution is 7.89. The number of carbonyl (C=O) groups excluding carboxylic acids is 1. The summed E-state index contributed by atoms with van der Waals surface area (Å²) >= 11 is 0. The molecule has 1 aliphatic heterocycles. The highest BCUT2D eigenvalue weighted by Gasteiger charge is 2.31. The average molecular weight is 397 g/mol. The van der Waals surface area contributed by atoms with Gasteiger partial charge in [-0.15, -0.1) is 0 Å². The van der Waals surface area contributed by atoms with Crippen LogP contribution in [0.5, 0.6) is 0 Å². The molecule has 0 radical (unpaired) electrons. The van der Waals surface area contributed by atoms with Crippen LogP contribution in [0.15, 0.2) is 29.2 Å². The highest BCUT2D eigenvalue weighted by atomic mass is 32.2. The molecule has 0 aromatic heterocycles. The molecule has 0 saturated carbocycles. The first kappa shape index (κ1) is 21.9. The van der Waals surface area contributed by atoms with Gasteiger partial charge in [0.05, 0.1) is 31.1 Å². The van der Waals surface area contributed by atoms with Crippen molar-refractivity contribution in [2.45, 2.75) is 57.4 Å². The van der Waals surface area contributed by atoms with Gasteiger partial charge in [0.25, 0.3) is 5.91 Å². The molecule has 152 valence electrons. The number of aryl methyl sites for hydroxylation is 1. The van der Waals surface area contributed by atoms with Gasteiger partial charge in [-0.2, -0.15) is 4.31 Å². The number of sulfonamides is 1. The summed E-state index contributed by atoms with van der Waals surface area (Å²) in [5.74, 6) is 0.0498. The van der Waals surface area contributed by atoms with Crippen molar-refractivity contribution in [1.82, 2.24) is 9.62 Å². The van der Waals surface area contributed by atoms with Crippen LogP contribution < -0.4 is 10.2 Å². The van der Waals surface area contributed by atoms with Gasteiger partial charge in [0.1, 0.15) is 0 Å². The molecule has 1 aromatic carbocycles. The molecule has 0 spiro atoms. The summed E-state index contributed by atoms with van der Waals surface area (Å²) in [6.45, 7) is 8.85. The molecule has 1 aliphatic rings. The Hall–Kier alpha value is -1.44. The van der Waals surface area contributed by atoms with E-state index in [9.17, 15) is 13.2 Å². The summed E-state index contributed by atoms with van der Waals surface area (Å²) in [7, 11) is -3.45. The molecule has 1 amide bonds. The van der Waals surface area contributed by atoms with Crippen molar-refractivity contribution in [3.8, 4) is 0 Å². The van der Waals surface area contributed by atoms with Gasteiger partial charge in [-0.05, 0) is 37.5 Å². The molecule has 0 unspecified atom stereocenters. The van der Waals surface area contributed by atoms with Crippen LogP contribution in [0.25, 0.3) is 0 Å². The second-order valence-electron chi connectivity index (χ2n) is 7.48. The van der Waals surface area contributed by atoms with Crippen LogP contribution in [0.2, 0.25) is 0 Å². The Balaban J connectivity index is 1.87. The minimum absolute atomic E-state index is 0.0498. The van der Waals surface area contributed by atoms with Crippen LogP contribution in [0.1, 0.15) is 45.6 Å². The standard InChI is InChI=1S/C20H33N3O3S/c1-4-6-17(3)21-20(24)16-22-12-14-23(15-13-22)27(25,26)19-10-8-18(7-5-2)9-11-19/h8-11,17H,4-7,12-16H2,1-3H3,(H,21,24)/p+1/t17-/m1/s1. The number of quaternary nitrogens is 1. The molecule has 0 aliphatic carbocycles. The molecule has 2 N–H and O–H groups in total. The molecule has 1 heterocycles. The third kappa shape index (κ3) is 6.30. The Labute approximate surface area is 164 Å². The van der Waals surface area contributed by atoms with Crippen LogP contribution in [0.3, 0.4) is 0 Å². The fourth-order valence-corrected chi connectivity index (χ4v) is 4.98. The number of rotatable bonds is 9. The van der Waals surface area contributed by atoms with Crippen molar-refractivity contribution in [2.24, 2.45) is 0 Å². The molecule has 0 bridgehead atoms. The number of piperazine rings is 1. The van der Waals surface area contributed by atoms with Gasteiger partial charge in [-0.1, -0.05) is 38.8 Å². The predicted octanol–water partition coefficient (Wildman–Crippen LogP) is 0.833. The monoisotopic (exact) mass is 396 g/mol. The third-order valence-corrected chi connectivity index (χ3v) is 6.98. The molecule has 6 nitrogen and oxygen atoms in total. The normalized spacial score (nSPS) is 17.6. The maximum atomic E-state index is 12.8. The summed E-state index contributed by atoms with van der Waals surface area (Å²) < 4.78 is 27.2. The Kier molecular flexibility index (Phi) is 8.26. The maximum Gasteiger partial charge on any atom is 0.275 e. The largest absolute Gasteiger partial charge is 0.349 e. The Morgan fingerprint density at radius 3 is 2.33 bits per heavy atom. The molecular formula is C20H34N3O3S+. The van der Waals surface area contributed by atoms with Crippen LogP contribution in [-0.4, -0.2) is 57.4 Å². The van der Waals surface area contributed by atoms with Crippen molar-refractivity contribution in [1.29, 1.82) is 0 Å². The van der Waals surface area contributed by atoms with Crippen LogP contribution in [-0.2, 0) is 21.2 Å². The van der Waals surface area contributed by atoms with E-state index in [1.165, 1.54) is 0 Å². The van der Waals surface area contributed by atoms with Crippen molar-refractivity contribution in [3.63, 3.8) is 0 Å². The van der Waals surface area contributed by atoms with E-state index in [0.717, 1.165) is 36.1 Å². The minimum atomic E-state index is -3.45. The van der Waals surface area contributed by atoms with Gasteiger partial charge in [0.2, 0.25) is 10.0 Å². The van der Waals surface area contributed by atoms with Gasteiger partial charge in [0.15, 0.2) is 6.54 Å². The number of benzene rings is 1. The molecule has 1 atom stereocenters. The van der Waals surface area contributed by atoms with Gasteiger partial charge in [0, 0.05) is 6.04 Å². The highest BCUT2D eigenvalue weighted by Crippen LogP contribution is 2.17. The van der Waals surface area contributed by atoms with Crippen molar-refractivity contribution in [3.05, 3.63) is 29.8 Å². The zero-order chi connectivity index (χ0) is 19.9. The summed E-state index contributed by atoms with van der Waals surface area (Å²) in [6, 6.07) is 7.42. The lowest BCUT2D eigenvalue weighted by molar-refractivity contribution is -0.895. The zero-order valence-electron chi connectivity index (χ0n) is 16.8. The summed E-state index contributed by atoms with van der Waals surface area (Å²) in [6.07, 6.45) is 4.03.